The fraction of sp³-hybridized carbons (Fsp3) is 0.100. The highest BCUT2D eigenvalue weighted by atomic mass is 16.6. The molecule has 0 spiro atoms. The average molecular weight is 206 g/mol. The standard InChI is InChI=1S/C10H10N2O3/c11-6-1-2-8-7(5-6)9(3-4-14-8)15-10(12)13/h1-5,9H,11H2,(H2,12,13). The molecule has 1 aromatic rings. The van der Waals surface area contributed by atoms with Gasteiger partial charge in [0.1, 0.15) is 5.75 Å². The van der Waals surface area contributed by atoms with Crippen LogP contribution < -0.4 is 16.2 Å². The van der Waals surface area contributed by atoms with Crippen LogP contribution in [0.3, 0.4) is 0 Å². The number of carbonyl (C=O) groups excluding carboxylic acids is 1. The molecule has 0 fully saturated rings. The fourth-order valence-electron chi connectivity index (χ4n) is 1.41. The van der Waals surface area contributed by atoms with Crippen LogP contribution in [-0.2, 0) is 4.74 Å². The molecule has 1 atom stereocenters. The number of hydrogen-bond acceptors (Lipinski definition) is 4. The van der Waals surface area contributed by atoms with Crippen molar-refractivity contribution in [3.8, 4) is 5.75 Å². The molecule has 1 aliphatic rings. The Morgan fingerprint density at radius 3 is 3.00 bits per heavy atom. The molecule has 2 rings (SSSR count). The second kappa shape index (κ2) is 3.53. The first-order valence-corrected chi connectivity index (χ1v) is 4.35. The van der Waals surface area contributed by atoms with Gasteiger partial charge < -0.3 is 20.9 Å². The second-order valence-corrected chi connectivity index (χ2v) is 3.10. The zero-order valence-electron chi connectivity index (χ0n) is 7.84. The van der Waals surface area contributed by atoms with Crippen LogP contribution in [0.15, 0.2) is 30.5 Å². The SMILES string of the molecule is NC(=O)OC1C=COc2ccc(N)cc21. The van der Waals surface area contributed by atoms with E-state index in [1.165, 1.54) is 6.26 Å². The molecule has 1 amide bonds. The van der Waals surface area contributed by atoms with Crippen molar-refractivity contribution in [2.45, 2.75) is 6.10 Å². The van der Waals surface area contributed by atoms with E-state index in [0.29, 0.717) is 17.0 Å². The third-order valence-corrected chi connectivity index (χ3v) is 2.03. The molecule has 0 bridgehead atoms. The van der Waals surface area contributed by atoms with Gasteiger partial charge in [-0.2, -0.15) is 0 Å². The lowest BCUT2D eigenvalue weighted by Gasteiger charge is -2.20. The molecule has 5 nitrogen and oxygen atoms in total. The Morgan fingerprint density at radius 1 is 1.47 bits per heavy atom. The average Bonchev–Trinajstić information content (AvgIpc) is 2.18. The Bertz CT molecular complexity index is 429. The van der Waals surface area contributed by atoms with Crippen molar-refractivity contribution in [2.75, 3.05) is 5.73 Å². The molecule has 0 aromatic heterocycles. The number of fused-ring (bicyclic) bond motifs is 1. The lowest BCUT2D eigenvalue weighted by atomic mass is 10.1. The molecule has 5 heteroatoms. The zero-order chi connectivity index (χ0) is 10.8. The number of hydrogen-bond donors (Lipinski definition) is 2. The molecule has 78 valence electrons. The summed E-state index contributed by atoms with van der Waals surface area (Å²) in [6, 6.07) is 5.11. The number of nitrogens with two attached hydrogens (primary N) is 2. The fourth-order valence-corrected chi connectivity index (χ4v) is 1.41. The zero-order valence-corrected chi connectivity index (χ0v) is 7.84. The largest absolute Gasteiger partial charge is 0.465 e. The maximum Gasteiger partial charge on any atom is 0.405 e. The van der Waals surface area contributed by atoms with Crippen LogP contribution in [0, 0.1) is 0 Å². The maximum absolute atomic E-state index is 10.7. The van der Waals surface area contributed by atoms with Crippen molar-refractivity contribution >= 4 is 11.8 Å². The Kier molecular flexibility index (Phi) is 2.21. The summed E-state index contributed by atoms with van der Waals surface area (Å²) in [6.45, 7) is 0. The van der Waals surface area contributed by atoms with E-state index >= 15 is 0 Å². The molecular formula is C10H10N2O3. The van der Waals surface area contributed by atoms with Crippen molar-refractivity contribution in [3.05, 3.63) is 36.1 Å². The van der Waals surface area contributed by atoms with E-state index < -0.39 is 12.2 Å². The van der Waals surface area contributed by atoms with Gasteiger partial charge in [0, 0.05) is 11.3 Å². The summed E-state index contributed by atoms with van der Waals surface area (Å²) in [7, 11) is 0. The predicted molar refractivity (Wildman–Crippen MR) is 54.0 cm³/mol. The van der Waals surface area contributed by atoms with Gasteiger partial charge in [-0.15, -0.1) is 0 Å². The molecule has 0 radical (unpaired) electrons. The highest BCUT2D eigenvalue weighted by Crippen LogP contribution is 2.33. The van der Waals surface area contributed by atoms with E-state index in [1.807, 2.05) is 0 Å². The van der Waals surface area contributed by atoms with Gasteiger partial charge in [0.25, 0.3) is 0 Å². The van der Waals surface area contributed by atoms with E-state index in [1.54, 1.807) is 24.3 Å². The number of primary amides is 1. The topological polar surface area (TPSA) is 87.6 Å². The highest BCUT2D eigenvalue weighted by molar-refractivity contribution is 5.66. The van der Waals surface area contributed by atoms with E-state index in [9.17, 15) is 4.79 Å². The number of ether oxygens (including phenoxy) is 2. The van der Waals surface area contributed by atoms with Crippen molar-refractivity contribution in [1.29, 1.82) is 0 Å². The smallest absolute Gasteiger partial charge is 0.405 e. The van der Waals surface area contributed by atoms with Crippen molar-refractivity contribution < 1.29 is 14.3 Å². The lowest BCUT2D eigenvalue weighted by molar-refractivity contribution is 0.125. The van der Waals surface area contributed by atoms with Crippen LogP contribution in [0.2, 0.25) is 0 Å². The van der Waals surface area contributed by atoms with Gasteiger partial charge in [-0.25, -0.2) is 4.79 Å². The van der Waals surface area contributed by atoms with Gasteiger partial charge in [0.15, 0.2) is 6.10 Å². The number of amides is 1. The summed E-state index contributed by atoms with van der Waals surface area (Å²) in [5, 5.41) is 0. The minimum Gasteiger partial charge on any atom is -0.465 e. The van der Waals surface area contributed by atoms with Crippen molar-refractivity contribution in [2.24, 2.45) is 5.73 Å². The molecule has 1 aromatic carbocycles. The molecular weight excluding hydrogens is 196 g/mol. The molecule has 1 unspecified atom stereocenters. The van der Waals surface area contributed by atoms with E-state index in [4.69, 9.17) is 20.9 Å². The minimum atomic E-state index is -0.833. The van der Waals surface area contributed by atoms with Crippen molar-refractivity contribution in [3.63, 3.8) is 0 Å². The normalized spacial score (nSPS) is 17.7. The number of anilines is 1. The molecule has 0 aliphatic carbocycles. The van der Waals surface area contributed by atoms with Gasteiger partial charge in [-0.3, -0.25) is 0 Å². The highest BCUT2D eigenvalue weighted by Gasteiger charge is 2.20. The Hall–Kier alpha value is -2.17. The summed E-state index contributed by atoms with van der Waals surface area (Å²) in [6.07, 6.45) is 1.67. The monoisotopic (exact) mass is 206 g/mol. The van der Waals surface area contributed by atoms with Crippen molar-refractivity contribution in [1.82, 2.24) is 0 Å². The number of rotatable bonds is 1. The summed E-state index contributed by atoms with van der Waals surface area (Å²) < 4.78 is 10.1. The summed E-state index contributed by atoms with van der Waals surface area (Å²) >= 11 is 0. The molecule has 0 saturated carbocycles. The first kappa shape index (κ1) is 9.39. The van der Waals surface area contributed by atoms with Crippen LogP contribution >= 0.6 is 0 Å². The van der Waals surface area contributed by atoms with E-state index in [0.717, 1.165) is 0 Å². The summed E-state index contributed by atoms with van der Waals surface area (Å²) in [5.74, 6) is 0.609. The number of carbonyl (C=O) groups is 1. The van der Waals surface area contributed by atoms with Gasteiger partial charge in [-0.1, -0.05) is 0 Å². The Labute approximate surface area is 86.3 Å². The number of nitrogen functional groups attached to an aromatic ring is 1. The van der Waals surface area contributed by atoms with Crippen LogP contribution in [0.25, 0.3) is 0 Å². The minimum absolute atomic E-state index is 0.533. The summed E-state index contributed by atoms with van der Waals surface area (Å²) in [4.78, 5) is 10.7. The van der Waals surface area contributed by atoms with Crippen LogP contribution in [-0.4, -0.2) is 6.09 Å². The molecule has 15 heavy (non-hydrogen) atoms. The third-order valence-electron chi connectivity index (χ3n) is 2.03. The van der Waals surface area contributed by atoms with Gasteiger partial charge in [0.2, 0.25) is 0 Å². The molecule has 4 N–H and O–H groups in total. The lowest BCUT2D eigenvalue weighted by Crippen LogP contribution is -2.18. The van der Waals surface area contributed by atoms with Gasteiger partial charge in [-0.05, 0) is 24.3 Å². The van der Waals surface area contributed by atoms with Crippen LogP contribution in [0.5, 0.6) is 5.75 Å². The first-order valence-electron chi connectivity index (χ1n) is 4.35. The van der Waals surface area contributed by atoms with Crippen LogP contribution in [0.4, 0.5) is 10.5 Å². The third kappa shape index (κ3) is 1.85. The number of benzene rings is 1. The Morgan fingerprint density at radius 2 is 2.27 bits per heavy atom. The second-order valence-electron chi connectivity index (χ2n) is 3.10. The van der Waals surface area contributed by atoms with Gasteiger partial charge in [0.05, 0.1) is 6.26 Å². The maximum atomic E-state index is 10.7. The molecule has 1 aliphatic heterocycles. The molecule has 1 heterocycles. The predicted octanol–water partition coefficient (Wildman–Crippen LogP) is 1.31. The summed E-state index contributed by atoms with van der Waals surface area (Å²) in [5.41, 5.74) is 11.8. The quantitative estimate of drug-likeness (QED) is 0.678. The van der Waals surface area contributed by atoms with Gasteiger partial charge >= 0.3 is 6.09 Å². The Balaban J connectivity index is 2.36. The molecule has 0 saturated heterocycles. The van der Waals surface area contributed by atoms with E-state index in [-0.39, 0.29) is 0 Å². The van der Waals surface area contributed by atoms with E-state index in [2.05, 4.69) is 0 Å². The first-order chi connectivity index (χ1) is 7.16. The van der Waals surface area contributed by atoms with Crippen LogP contribution in [0.1, 0.15) is 11.7 Å².